The summed E-state index contributed by atoms with van der Waals surface area (Å²) in [4.78, 5) is 1.28. The van der Waals surface area contributed by atoms with Crippen molar-refractivity contribution in [2.75, 3.05) is 0 Å². The van der Waals surface area contributed by atoms with Crippen LogP contribution in [0.4, 0.5) is 0 Å². The molecule has 1 aromatic rings. The molecule has 0 atom stereocenters. The molecular weight excluding hydrogens is 291 g/mol. The van der Waals surface area contributed by atoms with Crippen LogP contribution in [0.2, 0.25) is 0 Å². The highest BCUT2D eigenvalue weighted by Crippen LogP contribution is 2.31. The van der Waals surface area contributed by atoms with Crippen LogP contribution < -0.4 is 0 Å². The van der Waals surface area contributed by atoms with E-state index in [2.05, 4.69) is 59.5 Å². The first-order valence-electron chi connectivity index (χ1n) is 4.02. The molecule has 68 valence electrons. The Morgan fingerprint density at radius 1 is 1.38 bits per heavy atom. The van der Waals surface area contributed by atoms with Gasteiger partial charge in [0.1, 0.15) is 0 Å². The number of rotatable bonds is 4. The molecule has 0 nitrogen and oxygen atoms in total. The van der Waals surface area contributed by atoms with Crippen LogP contribution in [-0.2, 0) is 0 Å². The van der Waals surface area contributed by atoms with Gasteiger partial charge in [-0.1, -0.05) is 42.1 Å². The Labute approximate surface area is 97.3 Å². The van der Waals surface area contributed by atoms with E-state index in [0.29, 0.717) is 0 Å². The molecule has 0 aliphatic carbocycles. The third-order valence-corrected chi connectivity index (χ3v) is 3.37. The van der Waals surface area contributed by atoms with Crippen LogP contribution in [0.1, 0.15) is 6.42 Å². The fraction of sp³-hybridized carbons (Fsp3) is 0.0909. The third kappa shape index (κ3) is 4.52. The van der Waals surface area contributed by atoms with E-state index in [1.165, 1.54) is 7.81 Å². The van der Waals surface area contributed by atoms with Gasteiger partial charge in [0.2, 0.25) is 0 Å². The maximum atomic E-state index is 3.68. The number of halogens is 1. The number of allylic oxidation sites excluding steroid dienone is 2. The van der Waals surface area contributed by atoms with Gasteiger partial charge in [-0.25, -0.2) is 0 Å². The largest absolute Gasteiger partial charge is 0.103 e. The minimum atomic E-state index is 0.943. The smallest absolute Gasteiger partial charge is 0.0469 e. The van der Waals surface area contributed by atoms with Gasteiger partial charge < -0.3 is 0 Å². The van der Waals surface area contributed by atoms with Gasteiger partial charge in [0.05, 0.1) is 0 Å². The van der Waals surface area contributed by atoms with Gasteiger partial charge in [-0.15, -0.1) is 6.58 Å². The fourth-order valence-electron chi connectivity index (χ4n) is 0.819. The molecule has 2 heteroatoms. The van der Waals surface area contributed by atoms with Gasteiger partial charge in [-0.3, -0.25) is 0 Å². The second-order valence-electron chi connectivity index (χ2n) is 2.45. The van der Waals surface area contributed by atoms with Crippen LogP contribution in [0, 0.1) is 0 Å². The van der Waals surface area contributed by atoms with Gasteiger partial charge in [0.25, 0.3) is 0 Å². The molecule has 0 heterocycles. The van der Waals surface area contributed by atoms with Crippen molar-refractivity contribution in [2.45, 2.75) is 11.3 Å². The van der Waals surface area contributed by atoms with Crippen molar-refractivity contribution in [3.05, 3.63) is 52.0 Å². The lowest BCUT2D eigenvalue weighted by molar-refractivity contribution is 1.41. The third-order valence-electron chi connectivity index (χ3n) is 1.40. The second kappa shape index (κ2) is 6.27. The van der Waals surface area contributed by atoms with Crippen molar-refractivity contribution in [3.63, 3.8) is 0 Å². The molecule has 0 N–H and O–H groups in total. The van der Waals surface area contributed by atoms with Crippen LogP contribution in [0.25, 0.3) is 0 Å². The molecule has 0 aliphatic heterocycles. The Kier molecular flexibility index (Phi) is 5.23. The molecule has 1 rings (SSSR count). The van der Waals surface area contributed by atoms with Gasteiger partial charge in [0.15, 0.2) is 0 Å². The Morgan fingerprint density at radius 3 is 2.69 bits per heavy atom. The van der Waals surface area contributed by atoms with Gasteiger partial charge in [-0.2, -0.15) is 0 Å². The highest BCUT2D eigenvalue weighted by atomic mass is 127. The molecule has 0 amide bonds. The average molecular weight is 302 g/mol. The van der Waals surface area contributed by atoms with Crippen LogP contribution in [-0.4, -0.2) is 0 Å². The minimum absolute atomic E-state index is 0.943. The lowest BCUT2D eigenvalue weighted by Crippen LogP contribution is -1.68. The lowest BCUT2D eigenvalue weighted by Gasteiger charge is -1.98. The summed E-state index contributed by atoms with van der Waals surface area (Å²) in [5.41, 5.74) is 0. The monoisotopic (exact) mass is 302 g/mol. The summed E-state index contributed by atoms with van der Waals surface area (Å²) in [5, 5.41) is 0. The van der Waals surface area contributed by atoms with E-state index < -0.39 is 0 Å². The molecule has 0 aliphatic rings. The molecule has 0 aromatic heterocycles. The average Bonchev–Trinajstić information content (AvgIpc) is 2.16. The van der Waals surface area contributed by atoms with Gasteiger partial charge in [0, 0.05) is 7.81 Å². The molecule has 0 saturated heterocycles. The standard InChI is InChI=1S/C11H11IS/c1-2-3-9-11(12)13-10-7-5-4-6-8-10/h2,4-9H,1,3H2/b11-9-. The molecule has 0 radical (unpaired) electrons. The highest BCUT2D eigenvalue weighted by molar-refractivity contribution is 14.1. The van der Waals surface area contributed by atoms with E-state index in [0.717, 1.165) is 6.42 Å². The fourth-order valence-corrected chi connectivity index (χ4v) is 2.53. The molecule has 13 heavy (non-hydrogen) atoms. The first-order chi connectivity index (χ1) is 6.33. The lowest BCUT2D eigenvalue weighted by atomic mass is 10.4. The van der Waals surface area contributed by atoms with E-state index in [1.54, 1.807) is 11.8 Å². The van der Waals surface area contributed by atoms with Crippen molar-refractivity contribution >= 4 is 34.4 Å². The van der Waals surface area contributed by atoms with E-state index in [4.69, 9.17) is 0 Å². The summed E-state index contributed by atoms with van der Waals surface area (Å²) in [6, 6.07) is 10.4. The molecular formula is C11H11IS. The van der Waals surface area contributed by atoms with Crippen molar-refractivity contribution < 1.29 is 0 Å². The minimum Gasteiger partial charge on any atom is -0.103 e. The molecule has 0 unspecified atom stereocenters. The van der Waals surface area contributed by atoms with Crippen LogP contribution in [0.5, 0.6) is 0 Å². The maximum absolute atomic E-state index is 3.68. The van der Waals surface area contributed by atoms with Crippen molar-refractivity contribution in [1.82, 2.24) is 0 Å². The van der Waals surface area contributed by atoms with Gasteiger partial charge in [-0.05, 0) is 41.1 Å². The van der Waals surface area contributed by atoms with E-state index in [-0.39, 0.29) is 0 Å². The summed E-state index contributed by atoms with van der Waals surface area (Å²) in [6.07, 6.45) is 5.02. The van der Waals surface area contributed by atoms with Crippen molar-refractivity contribution in [2.24, 2.45) is 0 Å². The Bertz CT molecular complexity index is 290. The summed E-state index contributed by atoms with van der Waals surface area (Å²) in [7, 11) is 0. The zero-order valence-electron chi connectivity index (χ0n) is 7.24. The summed E-state index contributed by atoms with van der Waals surface area (Å²) in [6.45, 7) is 3.68. The molecule has 1 aromatic carbocycles. The van der Waals surface area contributed by atoms with Gasteiger partial charge >= 0.3 is 0 Å². The maximum Gasteiger partial charge on any atom is 0.0469 e. The van der Waals surface area contributed by atoms with E-state index >= 15 is 0 Å². The van der Waals surface area contributed by atoms with E-state index in [1.807, 2.05) is 12.1 Å². The SMILES string of the molecule is C=CC/C=C(/I)Sc1ccccc1. The summed E-state index contributed by atoms with van der Waals surface area (Å²) in [5.74, 6) is 0. The summed E-state index contributed by atoms with van der Waals surface area (Å²) >= 11 is 4.13. The number of hydrogen-bond acceptors (Lipinski definition) is 1. The Balaban J connectivity index is 2.54. The number of thioether (sulfide) groups is 1. The molecule has 0 fully saturated rings. The zero-order valence-corrected chi connectivity index (χ0v) is 10.2. The molecule has 0 bridgehead atoms. The van der Waals surface area contributed by atoms with E-state index in [9.17, 15) is 0 Å². The number of benzene rings is 1. The number of hydrogen-bond donors (Lipinski definition) is 0. The predicted molar refractivity (Wildman–Crippen MR) is 69.2 cm³/mol. The normalized spacial score (nSPS) is 11.3. The quantitative estimate of drug-likeness (QED) is 0.444. The zero-order chi connectivity index (χ0) is 9.52. The predicted octanol–water partition coefficient (Wildman–Crippen LogP) is 4.63. The summed E-state index contributed by atoms with van der Waals surface area (Å²) < 4.78 is 1.30. The van der Waals surface area contributed by atoms with Crippen molar-refractivity contribution in [3.8, 4) is 0 Å². The first-order valence-corrected chi connectivity index (χ1v) is 5.92. The van der Waals surface area contributed by atoms with Crippen LogP contribution in [0.15, 0.2) is 56.9 Å². The van der Waals surface area contributed by atoms with Crippen molar-refractivity contribution in [1.29, 1.82) is 0 Å². The molecule has 0 spiro atoms. The highest BCUT2D eigenvalue weighted by Gasteiger charge is 1.94. The molecule has 0 saturated carbocycles. The topological polar surface area (TPSA) is 0 Å². The van der Waals surface area contributed by atoms with Crippen LogP contribution >= 0.6 is 34.4 Å². The Hall–Kier alpha value is -0.220. The first kappa shape index (κ1) is 10.9. The Morgan fingerprint density at radius 2 is 2.08 bits per heavy atom. The second-order valence-corrected chi connectivity index (χ2v) is 5.46. The van der Waals surface area contributed by atoms with Crippen LogP contribution in [0.3, 0.4) is 0 Å².